The number of hydrogen-bond acceptors (Lipinski definition) is 5. The SMILES string of the molecule is CCOC(=O)c1coc([C@H]2C[C@]3(c4ccccc4)C(=O)[C@@]2(c2ccccc2)C(c2ccccc2)=C3c2ccccc2)n1. The van der Waals surface area contributed by atoms with Crippen LogP contribution in [0.3, 0.4) is 0 Å². The average Bonchev–Trinajstić information content (AvgIpc) is 3.71. The Morgan fingerprint density at radius 3 is 1.88 bits per heavy atom. The monoisotopic (exact) mass is 551 g/mol. The molecular weight excluding hydrogens is 522 g/mol. The van der Waals surface area contributed by atoms with Crippen LogP contribution in [0.15, 0.2) is 132 Å². The van der Waals surface area contributed by atoms with Crippen molar-refractivity contribution >= 4 is 22.9 Å². The van der Waals surface area contributed by atoms with Crippen molar-refractivity contribution in [1.82, 2.24) is 4.98 Å². The number of nitrogens with zero attached hydrogens (tertiary/aromatic N) is 1. The first-order valence-corrected chi connectivity index (χ1v) is 14.3. The molecule has 1 heterocycles. The Kier molecular flexibility index (Phi) is 6.23. The van der Waals surface area contributed by atoms with Crippen LogP contribution in [0.4, 0.5) is 0 Å². The van der Waals surface area contributed by atoms with E-state index >= 15 is 4.79 Å². The van der Waals surface area contributed by atoms with Gasteiger partial charge in [-0.2, -0.15) is 0 Å². The highest BCUT2D eigenvalue weighted by Gasteiger charge is 2.73. The second-order valence-corrected chi connectivity index (χ2v) is 10.8. The zero-order valence-electron chi connectivity index (χ0n) is 23.2. The molecule has 0 spiro atoms. The molecule has 206 valence electrons. The first-order chi connectivity index (χ1) is 20.6. The Hall–Kier alpha value is -5.03. The number of fused-ring (bicyclic) bond motifs is 2. The molecule has 5 aromatic rings. The Labute approximate surface area is 244 Å². The molecule has 2 aliphatic carbocycles. The van der Waals surface area contributed by atoms with Crippen LogP contribution in [-0.2, 0) is 20.4 Å². The predicted molar refractivity (Wildman–Crippen MR) is 161 cm³/mol. The number of carbonyl (C=O) groups is 2. The van der Waals surface area contributed by atoms with Gasteiger partial charge >= 0.3 is 5.97 Å². The van der Waals surface area contributed by atoms with E-state index in [1.54, 1.807) is 6.92 Å². The topological polar surface area (TPSA) is 69.4 Å². The fraction of sp³-hybridized carbons (Fsp3) is 0.162. The fourth-order valence-electron chi connectivity index (χ4n) is 7.25. The number of ketones is 1. The summed E-state index contributed by atoms with van der Waals surface area (Å²) in [5.74, 6) is -0.574. The molecule has 7 rings (SSSR count). The lowest BCUT2D eigenvalue weighted by Gasteiger charge is -2.38. The second-order valence-electron chi connectivity index (χ2n) is 10.8. The zero-order valence-corrected chi connectivity index (χ0v) is 23.2. The first-order valence-electron chi connectivity index (χ1n) is 14.3. The average molecular weight is 552 g/mol. The van der Waals surface area contributed by atoms with Crippen LogP contribution in [-0.4, -0.2) is 23.3 Å². The molecule has 2 bridgehead atoms. The Balaban J connectivity index is 1.61. The fourth-order valence-corrected chi connectivity index (χ4v) is 7.25. The van der Waals surface area contributed by atoms with E-state index < -0.39 is 22.7 Å². The number of Topliss-reactive ketones (excluding diaryl/α,β-unsaturated/α-hetero) is 1. The summed E-state index contributed by atoms with van der Waals surface area (Å²) in [6.07, 6.45) is 1.79. The third-order valence-corrected chi connectivity index (χ3v) is 8.78. The Morgan fingerprint density at radius 1 is 0.786 bits per heavy atom. The van der Waals surface area contributed by atoms with Gasteiger partial charge in [0, 0.05) is 0 Å². The molecule has 0 amide bonds. The van der Waals surface area contributed by atoms with E-state index in [4.69, 9.17) is 9.15 Å². The first kappa shape index (κ1) is 25.9. The smallest absolute Gasteiger partial charge is 0.360 e. The molecule has 5 heteroatoms. The minimum absolute atomic E-state index is 0.0889. The third-order valence-electron chi connectivity index (χ3n) is 8.78. The van der Waals surface area contributed by atoms with Crippen molar-refractivity contribution in [2.24, 2.45) is 0 Å². The van der Waals surface area contributed by atoms with Gasteiger partial charge in [-0.15, -0.1) is 0 Å². The van der Waals surface area contributed by atoms with Crippen molar-refractivity contribution in [1.29, 1.82) is 0 Å². The summed E-state index contributed by atoms with van der Waals surface area (Å²) in [4.78, 5) is 32.9. The van der Waals surface area contributed by atoms with Gasteiger partial charge < -0.3 is 9.15 Å². The summed E-state index contributed by atoms with van der Waals surface area (Å²) in [7, 11) is 0. The standard InChI is InChI=1S/C37H29NO4/c1-2-41-34(39)30-24-42-33(38-30)29-23-36(27-19-11-5-12-20-27)31(25-15-7-3-8-16-25)32(26-17-9-4-10-18-26)37(29,35(36)40)28-21-13-6-14-22-28/h3-22,24,29H,2,23H2,1H3/t29-,36-,37-/m1/s1. The van der Waals surface area contributed by atoms with E-state index in [-0.39, 0.29) is 18.1 Å². The number of carbonyl (C=O) groups excluding carboxylic acids is 2. The van der Waals surface area contributed by atoms with Crippen molar-refractivity contribution in [2.75, 3.05) is 6.61 Å². The normalized spacial score (nSPS) is 22.9. The molecule has 0 saturated heterocycles. The maximum absolute atomic E-state index is 15.6. The maximum atomic E-state index is 15.6. The van der Waals surface area contributed by atoms with Crippen LogP contribution in [0.2, 0.25) is 0 Å². The van der Waals surface area contributed by atoms with Crippen LogP contribution >= 0.6 is 0 Å². The third kappa shape index (κ3) is 3.59. The largest absolute Gasteiger partial charge is 0.461 e. The van der Waals surface area contributed by atoms with Crippen molar-refractivity contribution in [3.05, 3.63) is 161 Å². The van der Waals surface area contributed by atoms with Crippen LogP contribution < -0.4 is 0 Å². The maximum Gasteiger partial charge on any atom is 0.360 e. The van der Waals surface area contributed by atoms with Crippen LogP contribution in [0, 0.1) is 0 Å². The Morgan fingerprint density at radius 2 is 1.31 bits per heavy atom. The van der Waals surface area contributed by atoms with Crippen molar-refractivity contribution in [3.8, 4) is 0 Å². The van der Waals surface area contributed by atoms with Crippen molar-refractivity contribution in [3.63, 3.8) is 0 Å². The van der Waals surface area contributed by atoms with Gasteiger partial charge in [0.2, 0.25) is 0 Å². The summed E-state index contributed by atoms with van der Waals surface area (Å²) in [5, 5.41) is 0. The number of aromatic nitrogens is 1. The molecule has 0 N–H and O–H groups in total. The minimum atomic E-state index is -1.12. The molecule has 4 aromatic carbocycles. The van der Waals surface area contributed by atoms with E-state index in [1.807, 2.05) is 97.1 Å². The molecule has 1 saturated carbocycles. The second kappa shape index (κ2) is 10.1. The van der Waals surface area contributed by atoms with E-state index in [0.29, 0.717) is 12.3 Å². The highest BCUT2D eigenvalue weighted by molar-refractivity contribution is 6.29. The summed E-state index contributed by atoms with van der Waals surface area (Å²) in [5.41, 5.74) is 3.72. The molecular formula is C37H29NO4. The lowest BCUT2D eigenvalue weighted by Crippen LogP contribution is -2.38. The van der Waals surface area contributed by atoms with Gasteiger partial charge in [0.25, 0.3) is 0 Å². The number of esters is 1. The minimum Gasteiger partial charge on any atom is -0.461 e. The molecule has 0 aliphatic heterocycles. The highest BCUT2D eigenvalue weighted by atomic mass is 16.5. The van der Waals surface area contributed by atoms with Gasteiger partial charge in [0.05, 0.1) is 23.4 Å². The number of ether oxygens (including phenoxy) is 1. The van der Waals surface area contributed by atoms with E-state index in [9.17, 15) is 4.79 Å². The molecule has 42 heavy (non-hydrogen) atoms. The van der Waals surface area contributed by atoms with E-state index in [2.05, 4.69) is 29.2 Å². The van der Waals surface area contributed by atoms with Crippen LogP contribution in [0.5, 0.6) is 0 Å². The summed E-state index contributed by atoms with van der Waals surface area (Å²) < 4.78 is 11.3. The number of rotatable bonds is 7. The number of benzene rings is 4. The van der Waals surface area contributed by atoms with Gasteiger partial charge in [-0.05, 0) is 46.7 Å². The number of hydrogen-bond donors (Lipinski definition) is 0. The molecule has 5 nitrogen and oxygen atoms in total. The molecule has 1 aromatic heterocycles. The van der Waals surface area contributed by atoms with Gasteiger partial charge in [0.1, 0.15) is 6.26 Å². The van der Waals surface area contributed by atoms with Crippen molar-refractivity contribution < 1.29 is 18.7 Å². The molecule has 0 radical (unpaired) electrons. The molecule has 3 atom stereocenters. The van der Waals surface area contributed by atoms with E-state index in [1.165, 1.54) is 6.26 Å². The van der Waals surface area contributed by atoms with E-state index in [0.717, 1.165) is 33.4 Å². The van der Waals surface area contributed by atoms with Gasteiger partial charge in [0.15, 0.2) is 17.4 Å². The molecule has 0 unspecified atom stereocenters. The van der Waals surface area contributed by atoms with Gasteiger partial charge in [-0.3, -0.25) is 4.79 Å². The Bertz CT molecular complexity index is 1790. The summed E-state index contributed by atoms with van der Waals surface area (Å²) in [6.45, 7) is 1.99. The molecule has 1 fully saturated rings. The summed E-state index contributed by atoms with van der Waals surface area (Å²) >= 11 is 0. The van der Waals surface area contributed by atoms with Crippen molar-refractivity contribution in [2.45, 2.75) is 30.1 Å². The number of oxazole rings is 1. The highest BCUT2D eigenvalue weighted by Crippen LogP contribution is 2.72. The summed E-state index contributed by atoms with van der Waals surface area (Å²) in [6, 6.07) is 40.4. The number of allylic oxidation sites excluding steroid dienone is 2. The lowest BCUT2D eigenvalue weighted by molar-refractivity contribution is -0.123. The zero-order chi connectivity index (χ0) is 28.7. The molecule has 2 aliphatic rings. The quantitative estimate of drug-likeness (QED) is 0.197. The predicted octanol–water partition coefficient (Wildman–Crippen LogP) is 7.41. The lowest BCUT2D eigenvalue weighted by atomic mass is 9.62. The van der Waals surface area contributed by atoms with Gasteiger partial charge in [-0.25, -0.2) is 9.78 Å². The van der Waals surface area contributed by atoms with Crippen LogP contribution in [0.25, 0.3) is 11.1 Å². The van der Waals surface area contributed by atoms with Gasteiger partial charge in [-0.1, -0.05) is 121 Å². The van der Waals surface area contributed by atoms with Crippen LogP contribution in [0.1, 0.15) is 57.9 Å².